The predicted octanol–water partition coefficient (Wildman–Crippen LogP) is 3.66. The van der Waals surface area contributed by atoms with Gasteiger partial charge in [0, 0.05) is 11.6 Å². The summed E-state index contributed by atoms with van der Waals surface area (Å²) in [4.78, 5) is 4.24. The molecule has 0 saturated carbocycles. The molecule has 20 heavy (non-hydrogen) atoms. The molecule has 0 fully saturated rings. The summed E-state index contributed by atoms with van der Waals surface area (Å²) in [5.41, 5.74) is 2.07. The Morgan fingerprint density at radius 1 is 1.20 bits per heavy atom. The molecule has 0 aliphatic heterocycles. The molecule has 0 spiro atoms. The van der Waals surface area contributed by atoms with Crippen LogP contribution in [0, 0.1) is 0 Å². The van der Waals surface area contributed by atoms with Crippen LogP contribution < -0.4 is 14.8 Å². The Labute approximate surface area is 119 Å². The van der Waals surface area contributed by atoms with Crippen molar-refractivity contribution in [3.8, 4) is 11.6 Å². The van der Waals surface area contributed by atoms with Gasteiger partial charge in [-0.1, -0.05) is 18.2 Å². The summed E-state index contributed by atoms with van der Waals surface area (Å²) >= 11 is 0. The van der Waals surface area contributed by atoms with Crippen molar-refractivity contribution in [2.45, 2.75) is 19.9 Å². The number of hydrogen-bond acceptors (Lipinski definition) is 4. The van der Waals surface area contributed by atoms with E-state index >= 15 is 0 Å². The maximum absolute atomic E-state index is 5.38. The zero-order valence-corrected chi connectivity index (χ0v) is 12.1. The van der Waals surface area contributed by atoms with E-state index in [0.717, 1.165) is 17.0 Å². The van der Waals surface area contributed by atoms with E-state index in [1.165, 1.54) is 0 Å². The molecule has 2 aromatic rings. The van der Waals surface area contributed by atoms with Gasteiger partial charge in [-0.25, -0.2) is 4.98 Å². The number of para-hydroxylation sites is 1. The van der Waals surface area contributed by atoms with E-state index in [-0.39, 0.29) is 6.04 Å². The first-order valence-corrected chi connectivity index (χ1v) is 6.73. The summed E-state index contributed by atoms with van der Waals surface area (Å²) in [6.07, 6.45) is 1.77. The fourth-order valence-electron chi connectivity index (χ4n) is 2.05. The normalized spacial score (nSPS) is 11.8. The number of nitrogens with one attached hydrogen (secondary N) is 1. The Balaban J connectivity index is 2.08. The first-order chi connectivity index (χ1) is 9.74. The van der Waals surface area contributed by atoms with Crippen molar-refractivity contribution in [2.24, 2.45) is 0 Å². The van der Waals surface area contributed by atoms with Gasteiger partial charge >= 0.3 is 0 Å². The lowest BCUT2D eigenvalue weighted by Crippen LogP contribution is -2.08. The number of hydrogen-bond donors (Lipinski definition) is 1. The third-order valence-electron chi connectivity index (χ3n) is 3.02. The van der Waals surface area contributed by atoms with Crippen molar-refractivity contribution in [1.82, 2.24) is 4.98 Å². The van der Waals surface area contributed by atoms with Gasteiger partial charge in [-0.05, 0) is 26.0 Å². The average Bonchev–Trinajstić information content (AvgIpc) is 2.49. The summed E-state index contributed by atoms with van der Waals surface area (Å²) < 4.78 is 10.7. The van der Waals surface area contributed by atoms with E-state index in [9.17, 15) is 0 Å². The van der Waals surface area contributed by atoms with E-state index in [0.29, 0.717) is 12.5 Å². The highest BCUT2D eigenvalue weighted by molar-refractivity contribution is 5.47. The van der Waals surface area contributed by atoms with Gasteiger partial charge in [0.1, 0.15) is 5.75 Å². The van der Waals surface area contributed by atoms with Crippen LogP contribution >= 0.6 is 0 Å². The summed E-state index contributed by atoms with van der Waals surface area (Å²) in [5.74, 6) is 1.52. The lowest BCUT2D eigenvalue weighted by molar-refractivity contribution is 0.327. The third-order valence-corrected chi connectivity index (χ3v) is 3.02. The number of ether oxygens (including phenoxy) is 2. The molecule has 4 nitrogen and oxygen atoms in total. The van der Waals surface area contributed by atoms with Gasteiger partial charge in [0.15, 0.2) is 0 Å². The first kappa shape index (κ1) is 14.2. The van der Waals surface area contributed by atoms with E-state index in [2.05, 4.69) is 23.3 Å². The lowest BCUT2D eigenvalue weighted by Gasteiger charge is -2.18. The number of anilines is 1. The van der Waals surface area contributed by atoms with Gasteiger partial charge in [0.25, 0.3) is 0 Å². The maximum atomic E-state index is 5.38. The molecule has 4 heteroatoms. The fraction of sp³-hybridized carbons (Fsp3) is 0.312. The van der Waals surface area contributed by atoms with Crippen molar-refractivity contribution >= 4 is 5.69 Å². The molecule has 0 amide bonds. The Bertz CT molecular complexity index is 540. The number of methoxy groups -OCH3 is 1. The van der Waals surface area contributed by atoms with Crippen molar-refractivity contribution in [2.75, 3.05) is 19.0 Å². The Kier molecular flexibility index (Phi) is 4.82. The number of rotatable bonds is 6. The lowest BCUT2D eigenvalue weighted by atomic mass is 10.1. The van der Waals surface area contributed by atoms with E-state index in [4.69, 9.17) is 9.47 Å². The van der Waals surface area contributed by atoms with Crippen LogP contribution in [0.1, 0.15) is 25.5 Å². The molecule has 106 valence electrons. The third kappa shape index (κ3) is 3.41. The van der Waals surface area contributed by atoms with Gasteiger partial charge < -0.3 is 14.8 Å². The molecular formula is C16H20N2O2. The molecule has 0 aliphatic rings. The van der Waals surface area contributed by atoms with Crippen molar-refractivity contribution in [3.63, 3.8) is 0 Å². The van der Waals surface area contributed by atoms with Crippen LogP contribution in [0.4, 0.5) is 5.69 Å². The second-order valence-corrected chi connectivity index (χ2v) is 4.43. The number of pyridine rings is 1. The van der Waals surface area contributed by atoms with Crippen LogP contribution in [0.2, 0.25) is 0 Å². The van der Waals surface area contributed by atoms with Gasteiger partial charge in [-0.3, -0.25) is 0 Å². The standard InChI is InChI=1S/C16H20N2O2/c1-4-20-16-10-9-13(11-17-16)18-12(2)14-7-5-6-8-15(14)19-3/h5-12,18H,4H2,1-3H3. The van der Waals surface area contributed by atoms with Crippen LogP contribution in [0.3, 0.4) is 0 Å². The van der Waals surface area contributed by atoms with E-state index in [1.807, 2.05) is 37.3 Å². The minimum absolute atomic E-state index is 0.130. The van der Waals surface area contributed by atoms with Crippen LogP contribution in [0.25, 0.3) is 0 Å². The molecule has 2 rings (SSSR count). The average molecular weight is 272 g/mol. The highest BCUT2D eigenvalue weighted by Gasteiger charge is 2.10. The Morgan fingerprint density at radius 2 is 2.00 bits per heavy atom. The maximum Gasteiger partial charge on any atom is 0.213 e. The molecule has 1 N–H and O–H groups in total. The Morgan fingerprint density at radius 3 is 2.65 bits per heavy atom. The summed E-state index contributed by atoms with van der Waals surface area (Å²) in [6.45, 7) is 4.66. The minimum atomic E-state index is 0.130. The number of aromatic nitrogens is 1. The summed E-state index contributed by atoms with van der Waals surface area (Å²) in [5, 5.41) is 3.40. The fourth-order valence-corrected chi connectivity index (χ4v) is 2.05. The van der Waals surface area contributed by atoms with Crippen LogP contribution in [0.5, 0.6) is 11.6 Å². The first-order valence-electron chi connectivity index (χ1n) is 6.73. The second-order valence-electron chi connectivity index (χ2n) is 4.43. The van der Waals surface area contributed by atoms with Crippen LogP contribution in [-0.4, -0.2) is 18.7 Å². The molecule has 0 bridgehead atoms. The molecule has 1 heterocycles. The summed E-state index contributed by atoms with van der Waals surface area (Å²) in [7, 11) is 1.68. The van der Waals surface area contributed by atoms with Crippen LogP contribution in [-0.2, 0) is 0 Å². The van der Waals surface area contributed by atoms with Crippen molar-refractivity contribution in [3.05, 3.63) is 48.2 Å². The van der Waals surface area contributed by atoms with Crippen LogP contribution in [0.15, 0.2) is 42.6 Å². The molecule has 0 saturated heterocycles. The molecule has 1 atom stereocenters. The molecule has 0 aliphatic carbocycles. The quantitative estimate of drug-likeness (QED) is 0.871. The molecule has 1 aromatic heterocycles. The monoisotopic (exact) mass is 272 g/mol. The smallest absolute Gasteiger partial charge is 0.213 e. The van der Waals surface area contributed by atoms with E-state index in [1.54, 1.807) is 13.3 Å². The molecule has 0 radical (unpaired) electrons. The SMILES string of the molecule is CCOc1ccc(NC(C)c2ccccc2OC)cn1. The predicted molar refractivity (Wildman–Crippen MR) is 80.4 cm³/mol. The molecular weight excluding hydrogens is 252 g/mol. The van der Waals surface area contributed by atoms with Crippen molar-refractivity contribution in [1.29, 1.82) is 0 Å². The van der Waals surface area contributed by atoms with Gasteiger partial charge in [-0.15, -0.1) is 0 Å². The second kappa shape index (κ2) is 6.80. The topological polar surface area (TPSA) is 43.4 Å². The largest absolute Gasteiger partial charge is 0.496 e. The molecule has 1 unspecified atom stereocenters. The number of benzene rings is 1. The molecule has 1 aromatic carbocycles. The van der Waals surface area contributed by atoms with Gasteiger partial charge in [0.2, 0.25) is 5.88 Å². The summed E-state index contributed by atoms with van der Waals surface area (Å²) in [6, 6.07) is 11.9. The highest BCUT2D eigenvalue weighted by atomic mass is 16.5. The highest BCUT2D eigenvalue weighted by Crippen LogP contribution is 2.27. The Hall–Kier alpha value is -2.23. The zero-order valence-electron chi connectivity index (χ0n) is 12.1. The van der Waals surface area contributed by atoms with E-state index < -0.39 is 0 Å². The number of nitrogens with zero attached hydrogens (tertiary/aromatic N) is 1. The zero-order chi connectivity index (χ0) is 14.4. The van der Waals surface area contributed by atoms with Crippen molar-refractivity contribution < 1.29 is 9.47 Å². The van der Waals surface area contributed by atoms with Gasteiger partial charge in [-0.2, -0.15) is 0 Å². The van der Waals surface area contributed by atoms with Gasteiger partial charge in [0.05, 0.1) is 31.6 Å². The minimum Gasteiger partial charge on any atom is -0.496 e.